The zero-order chi connectivity index (χ0) is 21.2. The monoisotopic (exact) mass is 398 g/mol. The van der Waals surface area contributed by atoms with Crippen LogP contribution < -0.4 is 15.4 Å². The highest BCUT2D eigenvalue weighted by Gasteiger charge is 2.27. The van der Waals surface area contributed by atoms with Crippen molar-refractivity contribution in [2.24, 2.45) is 5.92 Å². The van der Waals surface area contributed by atoms with Gasteiger partial charge in [-0.25, -0.2) is 9.59 Å². The third kappa shape index (κ3) is 6.95. The lowest BCUT2D eigenvalue weighted by molar-refractivity contribution is -0.129. The molecule has 0 saturated carbocycles. The van der Waals surface area contributed by atoms with E-state index in [-0.39, 0.29) is 5.56 Å². The minimum Gasteiger partial charge on any atom is -0.493 e. The van der Waals surface area contributed by atoms with Crippen LogP contribution in [-0.4, -0.2) is 31.1 Å². The number of rotatable bonds is 8. The van der Waals surface area contributed by atoms with Crippen molar-refractivity contribution in [1.82, 2.24) is 10.6 Å². The summed E-state index contributed by atoms with van der Waals surface area (Å²) < 4.78 is 11.0. The number of urea groups is 1. The predicted molar refractivity (Wildman–Crippen MR) is 109 cm³/mol. The smallest absolute Gasteiger partial charge is 0.339 e. The normalized spacial score (nSPS) is 11.4. The number of ether oxygens (including phenoxy) is 2. The summed E-state index contributed by atoms with van der Waals surface area (Å²) >= 11 is 0. The van der Waals surface area contributed by atoms with Crippen molar-refractivity contribution in [3.05, 3.63) is 65.7 Å². The van der Waals surface area contributed by atoms with Gasteiger partial charge in [-0.05, 0) is 37.1 Å². The first-order valence-corrected chi connectivity index (χ1v) is 9.48. The lowest BCUT2D eigenvalue weighted by atomic mass is 10.1. The van der Waals surface area contributed by atoms with Gasteiger partial charge in [0.15, 0.2) is 0 Å². The van der Waals surface area contributed by atoms with Crippen molar-refractivity contribution in [2.45, 2.75) is 26.9 Å². The second kappa shape index (κ2) is 10.8. The van der Waals surface area contributed by atoms with Gasteiger partial charge >= 0.3 is 12.0 Å². The Kier molecular flexibility index (Phi) is 8.21. The Hall–Kier alpha value is -3.35. The summed E-state index contributed by atoms with van der Waals surface area (Å²) in [6.07, 6.45) is -1.26. The van der Waals surface area contributed by atoms with Crippen LogP contribution in [0, 0.1) is 5.92 Å². The van der Waals surface area contributed by atoms with E-state index < -0.39 is 24.0 Å². The highest BCUT2D eigenvalue weighted by Crippen LogP contribution is 2.21. The average molecular weight is 398 g/mol. The second-order valence-electron chi connectivity index (χ2n) is 6.77. The van der Waals surface area contributed by atoms with E-state index in [2.05, 4.69) is 10.6 Å². The third-order valence-corrected chi connectivity index (χ3v) is 3.81. The lowest BCUT2D eigenvalue weighted by Crippen LogP contribution is -2.42. The summed E-state index contributed by atoms with van der Waals surface area (Å²) in [5.41, 5.74) is 0.730. The summed E-state index contributed by atoms with van der Waals surface area (Å²) in [7, 11) is 0. The highest BCUT2D eigenvalue weighted by molar-refractivity contribution is 5.99. The number of imide groups is 1. The molecule has 154 valence electrons. The number of esters is 1. The van der Waals surface area contributed by atoms with Gasteiger partial charge in [-0.3, -0.25) is 10.1 Å². The van der Waals surface area contributed by atoms with Crippen molar-refractivity contribution >= 4 is 17.9 Å². The molecule has 29 heavy (non-hydrogen) atoms. The predicted octanol–water partition coefficient (Wildman–Crippen LogP) is 3.47. The van der Waals surface area contributed by atoms with Gasteiger partial charge in [0.1, 0.15) is 5.75 Å². The maximum Gasteiger partial charge on any atom is 0.339 e. The van der Waals surface area contributed by atoms with Gasteiger partial charge in [0.2, 0.25) is 6.10 Å². The topological polar surface area (TPSA) is 93.7 Å². The first kappa shape index (κ1) is 21.9. The van der Waals surface area contributed by atoms with E-state index in [0.717, 1.165) is 0 Å². The fourth-order valence-electron chi connectivity index (χ4n) is 2.41. The molecule has 0 unspecified atom stereocenters. The summed E-state index contributed by atoms with van der Waals surface area (Å²) in [4.78, 5) is 36.8. The molecule has 3 amide bonds. The molecular formula is C22H26N2O5. The molecule has 7 nitrogen and oxygen atoms in total. The van der Waals surface area contributed by atoms with Gasteiger partial charge < -0.3 is 14.8 Å². The van der Waals surface area contributed by atoms with Crippen LogP contribution >= 0.6 is 0 Å². The molecule has 0 aliphatic carbocycles. The number of nitrogens with one attached hydrogen (secondary N) is 2. The molecule has 2 rings (SSSR count). The molecule has 0 spiro atoms. The Labute approximate surface area is 170 Å². The number of carbonyl (C=O) groups is 3. The molecule has 0 heterocycles. The fraction of sp³-hybridized carbons (Fsp3) is 0.318. The van der Waals surface area contributed by atoms with E-state index >= 15 is 0 Å². The second-order valence-corrected chi connectivity index (χ2v) is 6.77. The molecule has 0 aliphatic heterocycles. The van der Waals surface area contributed by atoms with Gasteiger partial charge in [0.05, 0.1) is 12.2 Å². The van der Waals surface area contributed by atoms with E-state index in [1.807, 2.05) is 13.8 Å². The minimum absolute atomic E-state index is 0.272. The molecule has 0 bridgehead atoms. The molecular weight excluding hydrogens is 372 g/mol. The van der Waals surface area contributed by atoms with Crippen LogP contribution in [0.15, 0.2) is 54.6 Å². The van der Waals surface area contributed by atoms with Crippen LogP contribution in [0.4, 0.5) is 4.79 Å². The van der Waals surface area contributed by atoms with Crippen molar-refractivity contribution in [3.63, 3.8) is 0 Å². The number of hydrogen-bond acceptors (Lipinski definition) is 5. The van der Waals surface area contributed by atoms with E-state index in [0.29, 0.717) is 30.4 Å². The zero-order valence-corrected chi connectivity index (χ0v) is 16.8. The maximum atomic E-state index is 12.6. The Morgan fingerprint density at radius 1 is 0.966 bits per heavy atom. The van der Waals surface area contributed by atoms with Crippen molar-refractivity contribution in [3.8, 4) is 5.75 Å². The molecule has 2 aromatic carbocycles. The van der Waals surface area contributed by atoms with Gasteiger partial charge in [-0.1, -0.05) is 44.2 Å². The van der Waals surface area contributed by atoms with Crippen LogP contribution in [0.25, 0.3) is 0 Å². The Morgan fingerprint density at radius 2 is 1.62 bits per heavy atom. The van der Waals surface area contributed by atoms with Crippen LogP contribution in [0.2, 0.25) is 0 Å². The number of hydrogen-bond donors (Lipinski definition) is 2. The maximum absolute atomic E-state index is 12.6. The lowest BCUT2D eigenvalue weighted by Gasteiger charge is -2.18. The fourth-order valence-corrected chi connectivity index (χ4v) is 2.41. The molecule has 0 aliphatic rings. The molecule has 0 saturated heterocycles. The summed E-state index contributed by atoms with van der Waals surface area (Å²) in [5.74, 6) is -0.383. The number of amides is 3. The summed E-state index contributed by atoms with van der Waals surface area (Å²) in [6, 6.07) is 14.4. The number of benzene rings is 2. The van der Waals surface area contributed by atoms with Gasteiger partial charge in [-0.2, -0.15) is 0 Å². The Balaban J connectivity index is 2.12. The molecule has 2 N–H and O–H groups in total. The molecule has 0 aromatic heterocycles. The van der Waals surface area contributed by atoms with Gasteiger partial charge in [0.25, 0.3) is 5.91 Å². The van der Waals surface area contributed by atoms with Crippen molar-refractivity contribution in [1.29, 1.82) is 0 Å². The zero-order valence-electron chi connectivity index (χ0n) is 16.8. The van der Waals surface area contributed by atoms with Crippen LogP contribution in [-0.2, 0) is 9.53 Å². The first-order valence-electron chi connectivity index (χ1n) is 9.48. The average Bonchev–Trinajstić information content (AvgIpc) is 2.71. The third-order valence-electron chi connectivity index (χ3n) is 3.81. The number of carbonyl (C=O) groups excluding carboxylic acids is 3. The van der Waals surface area contributed by atoms with Crippen LogP contribution in [0.3, 0.4) is 0 Å². The van der Waals surface area contributed by atoms with Gasteiger partial charge in [-0.15, -0.1) is 0 Å². The van der Waals surface area contributed by atoms with Crippen molar-refractivity contribution < 1.29 is 23.9 Å². The molecule has 7 heteroatoms. The van der Waals surface area contributed by atoms with E-state index in [1.165, 1.54) is 0 Å². The summed E-state index contributed by atoms with van der Waals surface area (Å²) in [5, 5.41) is 4.65. The highest BCUT2D eigenvalue weighted by atomic mass is 16.5. The largest absolute Gasteiger partial charge is 0.493 e. The van der Waals surface area contributed by atoms with Crippen molar-refractivity contribution in [2.75, 3.05) is 13.2 Å². The standard InChI is InChI=1S/C22H26N2O5/c1-4-23-22(27)24-20(25)19(16-8-6-5-7-9-16)29-21(26)17-10-12-18(13-11-17)28-14-15(2)3/h5-13,15,19H,4,14H2,1-3H3,(H2,23,24,25,27)/t19-/m0/s1. The minimum atomic E-state index is -1.26. The first-order chi connectivity index (χ1) is 13.9. The SMILES string of the molecule is CCNC(=O)NC(=O)[C@@H](OC(=O)c1ccc(OCC(C)C)cc1)c1ccccc1. The Morgan fingerprint density at radius 3 is 2.21 bits per heavy atom. The van der Waals surface area contributed by atoms with E-state index in [4.69, 9.17) is 9.47 Å². The van der Waals surface area contributed by atoms with Gasteiger partial charge in [0, 0.05) is 12.1 Å². The van der Waals surface area contributed by atoms with Crippen LogP contribution in [0.5, 0.6) is 5.75 Å². The molecule has 2 aromatic rings. The molecule has 1 atom stereocenters. The van der Waals surface area contributed by atoms with E-state index in [1.54, 1.807) is 61.5 Å². The Bertz CT molecular complexity index is 819. The van der Waals surface area contributed by atoms with E-state index in [9.17, 15) is 14.4 Å². The summed E-state index contributed by atoms with van der Waals surface area (Å²) in [6.45, 7) is 6.75. The molecule has 0 fully saturated rings. The quantitative estimate of drug-likeness (QED) is 0.664. The molecule has 0 radical (unpaired) electrons. The van der Waals surface area contributed by atoms with Crippen LogP contribution in [0.1, 0.15) is 42.8 Å².